The maximum absolute atomic E-state index is 12.4. The molecule has 1 N–H and O–H groups in total. The van der Waals surface area contributed by atoms with Crippen molar-refractivity contribution in [3.8, 4) is 22.9 Å². The van der Waals surface area contributed by atoms with Crippen LogP contribution < -0.4 is 15.0 Å². The van der Waals surface area contributed by atoms with Gasteiger partial charge in [-0.2, -0.15) is 0 Å². The number of ether oxygens (including phenoxy) is 2. The van der Waals surface area contributed by atoms with Crippen LogP contribution >= 0.6 is 0 Å². The zero-order chi connectivity index (χ0) is 21.5. The smallest absolute Gasteiger partial charge is 0.273 e. The summed E-state index contributed by atoms with van der Waals surface area (Å²) >= 11 is 0. The molecule has 1 amide bonds. The van der Waals surface area contributed by atoms with E-state index >= 15 is 0 Å². The van der Waals surface area contributed by atoms with E-state index in [1.54, 1.807) is 37.3 Å². The molecule has 0 aliphatic carbocycles. The van der Waals surface area contributed by atoms with Crippen LogP contribution in [0, 0.1) is 0 Å². The molecule has 8 nitrogen and oxygen atoms in total. The molecule has 0 bridgehead atoms. The molecule has 0 aliphatic rings. The van der Waals surface area contributed by atoms with Gasteiger partial charge in [0.15, 0.2) is 17.3 Å². The number of aromatic amines is 1. The van der Waals surface area contributed by atoms with Crippen LogP contribution in [0.1, 0.15) is 17.7 Å². The molecule has 0 atom stereocenters. The number of amides is 1. The Kier molecular flexibility index (Phi) is 6.79. The lowest BCUT2D eigenvalue weighted by molar-refractivity contribution is -0.130. The van der Waals surface area contributed by atoms with Crippen molar-refractivity contribution in [1.82, 2.24) is 20.1 Å². The first-order valence-corrected chi connectivity index (χ1v) is 9.48. The fraction of sp³-hybridized carbons (Fsp3) is 0.273. The van der Waals surface area contributed by atoms with Crippen LogP contribution in [0.4, 0.5) is 0 Å². The zero-order valence-electron chi connectivity index (χ0n) is 17.2. The number of benzene rings is 2. The molecule has 0 aliphatic heterocycles. The van der Waals surface area contributed by atoms with Gasteiger partial charge in [0, 0.05) is 32.0 Å². The summed E-state index contributed by atoms with van der Waals surface area (Å²) in [6.07, 6.45) is 0.392. The molecule has 0 saturated heterocycles. The van der Waals surface area contributed by atoms with Crippen molar-refractivity contribution in [1.29, 1.82) is 0 Å². The van der Waals surface area contributed by atoms with E-state index < -0.39 is 0 Å². The Balaban J connectivity index is 1.66. The van der Waals surface area contributed by atoms with Crippen LogP contribution in [0.25, 0.3) is 11.4 Å². The van der Waals surface area contributed by atoms with Crippen LogP contribution in [0.15, 0.2) is 53.3 Å². The molecular formula is C22H24N4O4. The van der Waals surface area contributed by atoms with Gasteiger partial charge in [0.05, 0.1) is 14.2 Å². The van der Waals surface area contributed by atoms with E-state index in [1.165, 1.54) is 7.11 Å². The van der Waals surface area contributed by atoms with Crippen LogP contribution in [0.2, 0.25) is 0 Å². The molecule has 0 unspecified atom stereocenters. The second-order valence-electron chi connectivity index (χ2n) is 6.75. The summed E-state index contributed by atoms with van der Waals surface area (Å²) in [6.45, 7) is 0.514. The number of hydrogen-bond donors (Lipinski definition) is 1. The summed E-state index contributed by atoms with van der Waals surface area (Å²) in [4.78, 5) is 29.2. The van der Waals surface area contributed by atoms with Crippen LogP contribution in [0.5, 0.6) is 11.5 Å². The van der Waals surface area contributed by atoms with E-state index in [0.29, 0.717) is 29.4 Å². The van der Waals surface area contributed by atoms with Crippen molar-refractivity contribution in [2.24, 2.45) is 0 Å². The lowest BCUT2D eigenvalue weighted by Crippen LogP contribution is -2.27. The van der Waals surface area contributed by atoms with Gasteiger partial charge in [-0.1, -0.05) is 30.3 Å². The average molecular weight is 408 g/mol. The Hall–Kier alpha value is -3.68. The number of carbonyl (C=O) groups excluding carboxylic acids is 1. The van der Waals surface area contributed by atoms with Gasteiger partial charge in [0.1, 0.15) is 5.69 Å². The van der Waals surface area contributed by atoms with Gasteiger partial charge < -0.3 is 19.4 Å². The average Bonchev–Trinajstić information content (AvgIpc) is 2.78. The van der Waals surface area contributed by atoms with Gasteiger partial charge >= 0.3 is 0 Å². The second kappa shape index (κ2) is 9.69. The van der Waals surface area contributed by atoms with Gasteiger partial charge in [-0.05, 0) is 23.8 Å². The molecule has 1 heterocycles. The third-order valence-electron chi connectivity index (χ3n) is 4.69. The first-order chi connectivity index (χ1) is 14.5. The largest absolute Gasteiger partial charge is 0.493 e. The van der Waals surface area contributed by atoms with E-state index in [2.05, 4.69) is 15.2 Å². The Morgan fingerprint density at radius 2 is 1.77 bits per heavy atom. The van der Waals surface area contributed by atoms with Gasteiger partial charge in [-0.25, -0.2) is 0 Å². The number of hydrogen-bond acceptors (Lipinski definition) is 6. The molecule has 2 aromatic carbocycles. The first kappa shape index (κ1) is 21.0. The molecule has 3 aromatic rings. The van der Waals surface area contributed by atoms with Gasteiger partial charge in [-0.3, -0.25) is 9.59 Å². The summed E-state index contributed by atoms with van der Waals surface area (Å²) in [6, 6.07) is 14.9. The van der Waals surface area contributed by atoms with Crippen LogP contribution in [0.3, 0.4) is 0 Å². The molecule has 1 aromatic heterocycles. The normalized spacial score (nSPS) is 10.5. The van der Waals surface area contributed by atoms with E-state index in [4.69, 9.17) is 9.47 Å². The molecule has 0 saturated carbocycles. The van der Waals surface area contributed by atoms with Crippen molar-refractivity contribution in [2.75, 3.05) is 21.3 Å². The number of aryl methyl sites for hydroxylation is 1. The fourth-order valence-corrected chi connectivity index (χ4v) is 3.00. The van der Waals surface area contributed by atoms with Crippen molar-refractivity contribution in [3.05, 3.63) is 70.1 Å². The van der Waals surface area contributed by atoms with Crippen molar-refractivity contribution in [3.63, 3.8) is 0 Å². The summed E-state index contributed by atoms with van der Waals surface area (Å²) in [7, 11) is 4.82. The molecule has 0 fully saturated rings. The Bertz CT molecular complexity index is 1070. The lowest BCUT2D eigenvalue weighted by atomic mass is 10.2. The summed E-state index contributed by atoms with van der Waals surface area (Å²) in [5.74, 6) is 1.35. The molecule has 30 heavy (non-hydrogen) atoms. The van der Waals surface area contributed by atoms with Crippen LogP contribution in [-0.4, -0.2) is 47.3 Å². The highest BCUT2D eigenvalue weighted by Crippen LogP contribution is 2.30. The zero-order valence-corrected chi connectivity index (χ0v) is 17.2. The SMILES string of the molecule is COc1ccc(-c2nnc(CCC(=O)N(C)Cc3ccccc3)c(=O)[nH]2)cc1OC. The first-order valence-electron chi connectivity index (χ1n) is 9.48. The summed E-state index contributed by atoms with van der Waals surface area (Å²) in [5, 5.41) is 8.14. The van der Waals surface area contributed by atoms with E-state index in [0.717, 1.165) is 5.56 Å². The molecule has 3 rings (SSSR count). The van der Waals surface area contributed by atoms with Gasteiger partial charge in [0.2, 0.25) is 5.91 Å². The monoisotopic (exact) mass is 408 g/mol. The summed E-state index contributed by atoms with van der Waals surface area (Å²) in [5.41, 5.74) is 1.54. The number of nitrogens with one attached hydrogen (secondary N) is 1. The number of methoxy groups -OCH3 is 2. The van der Waals surface area contributed by atoms with Gasteiger partial charge in [-0.15, -0.1) is 10.2 Å². The molecule has 0 radical (unpaired) electrons. The molecule has 8 heteroatoms. The molecular weight excluding hydrogens is 384 g/mol. The van der Waals surface area contributed by atoms with E-state index in [-0.39, 0.29) is 30.0 Å². The Morgan fingerprint density at radius 1 is 1.03 bits per heavy atom. The quantitative estimate of drug-likeness (QED) is 0.615. The highest BCUT2D eigenvalue weighted by Gasteiger charge is 2.14. The number of rotatable bonds is 8. The van der Waals surface area contributed by atoms with Gasteiger partial charge in [0.25, 0.3) is 5.56 Å². The van der Waals surface area contributed by atoms with E-state index in [1.807, 2.05) is 30.3 Å². The maximum atomic E-state index is 12.4. The number of nitrogens with zero attached hydrogens (tertiary/aromatic N) is 3. The molecule has 156 valence electrons. The minimum atomic E-state index is -0.367. The maximum Gasteiger partial charge on any atom is 0.273 e. The topological polar surface area (TPSA) is 97.4 Å². The third kappa shape index (κ3) is 5.02. The van der Waals surface area contributed by atoms with Crippen molar-refractivity contribution in [2.45, 2.75) is 19.4 Å². The minimum Gasteiger partial charge on any atom is -0.493 e. The highest BCUT2D eigenvalue weighted by atomic mass is 16.5. The predicted octanol–water partition coefficient (Wildman–Crippen LogP) is 2.44. The number of carbonyl (C=O) groups is 1. The number of aromatic nitrogens is 3. The third-order valence-corrected chi connectivity index (χ3v) is 4.69. The van der Waals surface area contributed by atoms with Crippen LogP contribution in [-0.2, 0) is 17.8 Å². The van der Waals surface area contributed by atoms with Crippen molar-refractivity contribution < 1.29 is 14.3 Å². The number of H-pyrrole nitrogens is 1. The highest BCUT2D eigenvalue weighted by molar-refractivity contribution is 5.76. The fourth-order valence-electron chi connectivity index (χ4n) is 3.00. The van der Waals surface area contributed by atoms with Crippen molar-refractivity contribution >= 4 is 5.91 Å². The predicted molar refractivity (Wildman–Crippen MR) is 112 cm³/mol. The summed E-state index contributed by atoms with van der Waals surface area (Å²) < 4.78 is 10.5. The standard InChI is InChI=1S/C22H24N4O4/c1-26(14-15-7-5-4-6-8-15)20(27)12-10-17-22(28)23-21(25-24-17)16-9-11-18(29-2)19(13-16)30-3/h4-9,11,13H,10,12,14H2,1-3H3,(H,23,25,28). The Labute approximate surface area is 174 Å². The minimum absolute atomic E-state index is 0.0657. The lowest BCUT2D eigenvalue weighted by Gasteiger charge is -2.17. The Morgan fingerprint density at radius 3 is 2.43 bits per heavy atom. The second-order valence-corrected chi connectivity index (χ2v) is 6.75. The van der Waals surface area contributed by atoms with E-state index in [9.17, 15) is 9.59 Å². The molecule has 0 spiro atoms.